The molecule has 1 aliphatic rings. The largest absolute Gasteiger partial charge is 0.496 e. The first-order chi connectivity index (χ1) is 7.66. The molecular formula is C15H19Cl2OTi-. The summed E-state index contributed by atoms with van der Waals surface area (Å²) in [4.78, 5) is 0. The fourth-order valence-corrected chi connectivity index (χ4v) is 2.14. The summed E-state index contributed by atoms with van der Waals surface area (Å²) in [6.07, 6.45) is 8.63. The number of halogens is 2. The maximum absolute atomic E-state index is 5.43. The molecular weight excluding hydrogens is 315 g/mol. The predicted octanol–water partition coefficient (Wildman–Crippen LogP) is 4.50. The molecule has 0 saturated heterocycles. The van der Waals surface area contributed by atoms with E-state index in [1.54, 1.807) is 7.11 Å². The molecule has 0 N–H and O–H groups in total. The van der Waals surface area contributed by atoms with Crippen LogP contribution in [0.1, 0.15) is 25.8 Å². The van der Waals surface area contributed by atoms with Crippen molar-refractivity contribution in [2.24, 2.45) is 0 Å². The van der Waals surface area contributed by atoms with Crippen molar-refractivity contribution < 1.29 is 26.5 Å². The molecule has 1 aromatic rings. The van der Waals surface area contributed by atoms with Gasteiger partial charge in [0.1, 0.15) is 5.75 Å². The zero-order chi connectivity index (χ0) is 11.6. The van der Waals surface area contributed by atoms with Crippen LogP contribution in [0.5, 0.6) is 5.75 Å². The van der Waals surface area contributed by atoms with Gasteiger partial charge in [0.25, 0.3) is 0 Å². The number of ether oxygens (including phenoxy) is 1. The molecule has 1 aliphatic carbocycles. The van der Waals surface area contributed by atoms with Crippen molar-refractivity contribution in [2.75, 3.05) is 7.11 Å². The molecule has 0 radical (unpaired) electrons. The van der Waals surface area contributed by atoms with E-state index in [-0.39, 0.29) is 51.9 Å². The topological polar surface area (TPSA) is 9.23 Å². The van der Waals surface area contributed by atoms with Crippen LogP contribution in [-0.2, 0) is 27.1 Å². The fraction of sp³-hybridized carbons (Fsp3) is 0.333. The molecule has 0 unspecified atom stereocenters. The number of hydrogen-bond acceptors (Lipinski definition) is 1. The van der Waals surface area contributed by atoms with Gasteiger partial charge < -0.3 is 4.74 Å². The second kappa shape index (κ2) is 8.86. The van der Waals surface area contributed by atoms with Crippen molar-refractivity contribution in [2.45, 2.75) is 25.7 Å². The van der Waals surface area contributed by atoms with E-state index in [1.165, 1.54) is 11.1 Å². The number of methoxy groups -OCH3 is 1. The van der Waals surface area contributed by atoms with Gasteiger partial charge in [0.2, 0.25) is 0 Å². The first kappa shape index (κ1) is 21.1. The van der Waals surface area contributed by atoms with E-state index in [4.69, 9.17) is 4.74 Å². The van der Waals surface area contributed by atoms with Gasteiger partial charge in [-0.3, -0.25) is 6.08 Å². The van der Waals surface area contributed by atoms with Gasteiger partial charge in [0, 0.05) is 27.3 Å². The van der Waals surface area contributed by atoms with Crippen molar-refractivity contribution in [1.82, 2.24) is 0 Å². The Bertz CT molecular complexity index is 453. The third-order valence-corrected chi connectivity index (χ3v) is 3.15. The normalized spacial score (nSPS) is 12.7. The maximum Gasteiger partial charge on any atom is 0.122 e. The Morgan fingerprint density at radius 3 is 2.32 bits per heavy atom. The predicted molar refractivity (Wildman–Crippen MR) is 81.0 cm³/mol. The molecule has 19 heavy (non-hydrogen) atoms. The Kier molecular flexibility index (Phi) is 9.84. The Morgan fingerprint density at radius 1 is 1.16 bits per heavy atom. The third kappa shape index (κ3) is 4.39. The minimum Gasteiger partial charge on any atom is -0.496 e. The molecule has 1 nitrogen and oxygen atoms in total. The van der Waals surface area contributed by atoms with Crippen molar-refractivity contribution in [1.29, 1.82) is 0 Å². The van der Waals surface area contributed by atoms with Crippen molar-refractivity contribution in [3.05, 3.63) is 53.6 Å². The van der Waals surface area contributed by atoms with Gasteiger partial charge in [-0.15, -0.1) is 31.2 Å². The van der Waals surface area contributed by atoms with Gasteiger partial charge in [-0.1, -0.05) is 32.0 Å². The number of rotatable bonds is 3. The molecule has 0 aliphatic heterocycles. The van der Waals surface area contributed by atoms with Crippen LogP contribution >= 0.6 is 24.8 Å². The van der Waals surface area contributed by atoms with Gasteiger partial charge >= 0.3 is 0 Å². The molecule has 0 bridgehead atoms. The van der Waals surface area contributed by atoms with Gasteiger partial charge in [-0.2, -0.15) is 6.08 Å². The Labute approximate surface area is 143 Å². The monoisotopic (exact) mass is 333 g/mol. The summed E-state index contributed by atoms with van der Waals surface area (Å²) in [6.45, 7) is 4.42. The molecule has 2 rings (SSSR count). The number of hydrogen-bond donors (Lipinski definition) is 0. The summed E-state index contributed by atoms with van der Waals surface area (Å²) < 4.78 is 5.43. The summed E-state index contributed by atoms with van der Waals surface area (Å²) in [5, 5.41) is 0. The Morgan fingerprint density at radius 2 is 1.79 bits per heavy atom. The molecule has 4 heteroatoms. The molecule has 0 heterocycles. The van der Waals surface area contributed by atoms with Gasteiger partial charge in [0.05, 0.1) is 7.11 Å². The second-order valence-electron chi connectivity index (χ2n) is 4.52. The van der Waals surface area contributed by atoms with Crippen molar-refractivity contribution >= 4 is 24.8 Å². The first-order valence-electron chi connectivity index (χ1n) is 5.57. The zero-order valence-electron chi connectivity index (χ0n) is 11.4. The van der Waals surface area contributed by atoms with Gasteiger partial charge in [0.15, 0.2) is 0 Å². The van der Waals surface area contributed by atoms with Crippen molar-refractivity contribution in [3.8, 4) is 5.75 Å². The summed E-state index contributed by atoms with van der Waals surface area (Å²) >= 11 is 0. The van der Waals surface area contributed by atoms with Crippen molar-refractivity contribution in [3.63, 3.8) is 0 Å². The summed E-state index contributed by atoms with van der Waals surface area (Å²) in [7, 11) is 1.72. The van der Waals surface area contributed by atoms with Crippen LogP contribution in [0.15, 0.2) is 42.0 Å². The SMILES string of the molecule is COc1ccccc1C(C)(C)C1=[C-]CC=C1.Cl.Cl.[Ti]. The van der Waals surface area contributed by atoms with E-state index in [0.717, 1.165) is 12.2 Å². The molecule has 0 spiro atoms. The minimum absolute atomic E-state index is 0. The van der Waals surface area contributed by atoms with E-state index < -0.39 is 0 Å². The van der Waals surface area contributed by atoms with Gasteiger partial charge in [-0.25, -0.2) is 11.6 Å². The van der Waals surface area contributed by atoms with E-state index in [9.17, 15) is 0 Å². The van der Waals surface area contributed by atoms with E-state index in [1.807, 2.05) is 12.1 Å². The first-order valence-corrected chi connectivity index (χ1v) is 5.57. The van der Waals surface area contributed by atoms with Crippen LogP contribution < -0.4 is 4.74 Å². The Balaban J connectivity index is 0. The van der Waals surface area contributed by atoms with Crippen LogP contribution in [0, 0.1) is 6.08 Å². The van der Waals surface area contributed by atoms with E-state index in [2.05, 4.69) is 44.2 Å². The Hall–Kier alpha value is -0.206. The van der Waals surface area contributed by atoms with Gasteiger partial charge in [-0.05, 0) is 11.5 Å². The second-order valence-corrected chi connectivity index (χ2v) is 4.52. The molecule has 0 atom stereocenters. The van der Waals surface area contributed by atoms with E-state index >= 15 is 0 Å². The maximum atomic E-state index is 5.43. The molecule has 1 aromatic carbocycles. The number of para-hydroxylation sites is 1. The number of allylic oxidation sites excluding steroid dienone is 4. The molecule has 104 valence electrons. The summed E-state index contributed by atoms with van der Waals surface area (Å²) in [6, 6.07) is 8.19. The molecule has 0 saturated carbocycles. The molecule has 0 amide bonds. The van der Waals surface area contributed by atoms with Crippen LogP contribution in [0.3, 0.4) is 0 Å². The molecule has 0 fully saturated rings. The fourth-order valence-electron chi connectivity index (χ4n) is 2.14. The average Bonchev–Trinajstić information content (AvgIpc) is 2.83. The summed E-state index contributed by atoms with van der Waals surface area (Å²) in [5.74, 6) is 0.946. The van der Waals surface area contributed by atoms with E-state index in [0.29, 0.717) is 0 Å². The van der Waals surface area contributed by atoms with Crippen LogP contribution in [0.2, 0.25) is 0 Å². The standard InChI is InChI=1S/C15H17O.2ClH.Ti/c1-15(2,12-8-4-5-9-12)13-10-6-7-11-14(13)16-3;;;/h4,6-8,10-11H,5H2,1-3H3;2*1H;/q-1;;;. The van der Waals surface area contributed by atoms with Crippen LogP contribution in [0.25, 0.3) is 0 Å². The molecule has 0 aromatic heterocycles. The quantitative estimate of drug-likeness (QED) is 0.584. The number of benzene rings is 1. The minimum atomic E-state index is -0.0421. The summed E-state index contributed by atoms with van der Waals surface area (Å²) in [5.41, 5.74) is 2.42. The average molecular weight is 334 g/mol. The smallest absolute Gasteiger partial charge is 0.122 e. The zero-order valence-corrected chi connectivity index (χ0v) is 14.6. The third-order valence-electron chi connectivity index (χ3n) is 3.15. The van der Waals surface area contributed by atoms with Crippen LogP contribution in [0.4, 0.5) is 0 Å². The van der Waals surface area contributed by atoms with Crippen LogP contribution in [-0.4, -0.2) is 7.11 Å².